The summed E-state index contributed by atoms with van der Waals surface area (Å²) in [7, 11) is 1.45. The van der Waals surface area contributed by atoms with E-state index in [1.54, 1.807) is 18.2 Å². The molecule has 1 heterocycles. The molecule has 2 aromatic rings. The summed E-state index contributed by atoms with van der Waals surface area (Å²) in [6.45, 7) is 2.20. The highest BCUT2D eigenvalue weighted by Crippen LogP contribution is 2.38. The largest absolute Gasteiger partial charge is 0.503 e. The number of rotatable bonds is 4. The molecule has 0 atom stereocenters. The quantitative estimate of drug-likeness (QED) is 0.707. The van der Waals surface area contributed by atoms with Gasteiger partial charge in [-0.15, -0.1) is 0 Å². The molecule has 1 N–H and O–H groups in total. The van der Waals surface area contributed by atoms with Crippen molar-refractivity contribution in [2.45, 2.75) is 13.5 Å². The molecule has 2 amide bonds. The zero-order chi connectivity index (χ0) is 18.8. The van der Waals surface area contributed by atoms with Gasteiger partial charge in [-0.2, -0.15) is 0 Å². The van der Waals surface area contributed by atoms with Crippen molar-refractivity contribution < 1.29 is 19.4 Å². The number of halogens is 1. The third kappa shape index (κ3) is 3.64. The molecule has 1 saturated heterocycles. The minimum absolute atomic E-state index is 0.0164. The number of phenolic OH excluding ortho intramolecular Hbond substituents is 1. The minimum Gasteiger partial charge on any atom is -0.503 e. The molecule has 5 nitrogen and oxygen atoms in total. The highest BCUT2D eigenvalue weighted by atomic mass is 79.9. The fraction of sp³-hybridized carbons (Fsp3) is 0.158. The van der Waals surface area contributed by atoms with Crippen molar-refractivity contribution in [2.24, 2.45) is 0 Å². The summed E-state index contributed by atoms with van der Waals surface area (Å²) in [4.78, 5) is 26.5. The molecule has 26 heavy (non-hydrogen) atoms. The van der Waals surface area contributed by atoms with Crippen molar-refractivity contribution in [3.8, 4) is 11.5 Å². The Hall–Kier alpha value is -2.25. The van der Waals surface area contributed by atoms with E-state index in [1.807, 2.05) is 31.2 Å². The molecular weight excluding hydrogens is 418 g/mol. The van der Waals surface area contributed by atoms with Crippen LogP contribution in [0.4, 0.5) is 4.79 Å². The van der Waals surface area contributed by atoms with E-state index in [0.29, 0.717) is 14.9 Å². The first-order valence-electron chi connectivity index (χ1n) is 7.77. The van der Waals surface area contributed by atoms with Gasteiger partial charge in [-0.1, -0.05) is 24.3 Å². The molecule has 0 unspecified atom stereocenters. The lowest BCUT2D eigenvalue weighted by Crippen LogP contribution is -2.27. The second-order valence-electron chi connectivity index (χ2n) is 5.75. The summed E-state index contributed by atoms with van der Waals surface area (Å²) < 4.78 is 5.56. The number of phenols is 1. The summed E-state index contributed by atoms with van der Waals surface area (Å²) in [5, 5.41) is 9.59. The summed E-state index contributed by atoms with van der Waals surface area (Å²) in [6.07, 6.45) is 1.62. The topological polar surface area (TPSA) is 66.8 Å². The Balaban J connectivity index is 1.88. The van der Waals surface area contributed by atoms with E-state index in [1.165, 1.54) is 12.0 Å². The molecule has 1 aliphatic heterocycles. The number of hydrogen-bond donors (Lipinski definition) is 1. The molecular formula is C19H16BrNO4S. The number of hydrogen-bond acceptors (Lipinski definition) is 5. The molecule has 0 saturated carbocycles. The van der Waals surface area contributed by atoms with Crippen LogP contribution in [0.3, 0.4) is 0 Å². The van der Waals surface area contributed by atoms with E-state index < -0.39 is 0 Å². The van der Waals surface area contributed by atoms with Gasteiger partial charge in [0.15, 0.2) is 11.5 Å². The molecule has 0 aromatic heterocycles. The first kappa shape index (κ1) is 18.5. The molecule has 7 heteroatoms. The zero-order valence-corrected chi connectivity index (χ0v) is 16.6. The van der Waals surface area contributed by atoms with Gasteiger partial charge in [0.2, 0.25) is 0 Å². The van der Waals surface area contributed by atoms with Crippen LogP contribution in [0.5, 0.6) is 11.5 Å². The number of methoxy groups -OCH3 is 1. The Morgan fingerprint density at radius 3 is 2.69 bits per heavy atom. The van der Waals surface area contributed by atoms with Gasteiger partial charge in [0.25, 0.3) is 11.1 Å². The van der Waals surface area contributed by atoms with Crippen LogP contribution in [0, 0.1) is 6.92 Å². The Labute approximate surface area is 163 Å². The smallest absolute Gasteiger partial charge is 0.293 e. The van der Waals surface area contributed by atoms with Gasteiger partial charge < -0.3 is 9.84 Å². The number of aromatic hydroxyl groups is 1. The summed E-state index contributed by atoms with van der Waals surface area (Å²) in [5.74, 6) is -0.0616. The van der Waals surface area contributed by atoms with Crippen molar-refractivity contribution >= 4 is 44.9 Å². The molecule has 0 bridgehead atoms. The number of amides is 2. The predicted molar refractivity (Wildman–Crippen MR) is 105 cm³/mol. The molecule has 0 spiro atoms. The zero-order valence-electron chi connectivity index (χ0n) is 14.2. The average Bonchev–Trinajstić information content (AvgIpc) is 2.87. The third-order valence-electron chi connectivity index (χ3n) is 4.03. The number of imide groups is 1. The van der Waals surface area contributed by atoms with Gasteiger partial charge in [0.05, 0.1) is 23.0 Å². The van der Waals surface area contributed by atoms with E-state index in [-0.39, 0.29) is 29.2 Å². The fourth-order valence-corrected chi connectivity index (χ4v) is 3.88. The molecule has 0 radical (unpaired) electrons. The van der Waals surface area contributed by atoms with Crippen molar-refractivity contribution in [1.82, 2.24) is 4.90 Å². The van der Waals surface area contributed by atoms with Crippen LogP contribution >= 0.6 is 27.7 Å². The summed E-state index contributed by atoms with van der Waals surface area (Å²) >= 11 is 4.15. The maximum Gasteiger partial charge on any atom is 0.293 e. The average molecular weight is 434 g/mol. The standard InChI is InChI=1S/C19H16BrNO4S/c1-11-5-3-4-6-13(11)10-21-18(23)16(26-19(21)24)9-12-7-14(20)17(22)15(8-12)25-2/h3-9,22H,10H2,1-2H3/b16-9-. The molecule has 1 fully saturated rings. The number of carbonyl (C=O) groups is 2. The van der Waals surface area contributed by atoms with Gasteiger partial charge in [-0.05, 0) is 69.5 Å². The fourth-order valence-electron chi connectivity index (χ4n) is 2.58. The Kier molecular flexibility index (Phi) is 5.38. The Bertz CT molecular complexity index is 926. The first-order chi connectivity index (χ1) is 12.4. The van der Waals surface area contributed by atoms with Gasteiger partial charge in [0.1, 0.15) is 0 Å². The highest BCUT2D eigenvalue weighted by molar-refractivity contribution is 9.10. The molecule has 0 aliphatic carbocycles. The predicted octanol–water partition coefficient (Wildman–Crippen LogP) is 4.71. The van der Waals surface area contributed by atoms with Gasteiger partial charge in [0, 0.05) is 0 Å². The van der Waals surface area contributed by atoms with Crippen molar-refractivity contribution in [3.63, 3.8) is 0 Å². The van der Waals surface area contributed by atoms with Crippen LogP contribution in [0.15, 0.2) is 45.8 Å². The normalized spacial score (nSPS) is 15.8. The van der Waals surface area contributed by atoms with Crippen molar-refractivity contribution in [3.05, 3.63) is 62.5 Å². The van der Waals surface area contributed by atoms with E-state index in [2.05, 4.69) is 15.9 Å². The maximum atomic E-state index is 12.7. The van der Waals surface area contributed by atoms with Crippen LogP contribution in [0.25, 0.3) is 6.08 Å². The van der Waals surface area contributed by atoms with Crippen LogP contribution in [-0.4, -0.2) is 28.3 Å². The summed E-state index contributed by atoms with van der Waals surface area (Å²) in [6, 6.07) is 10.9. The second-order valence-corrected chi connectivity index (χ2v) is 7.60. The second kappa shape index (κ2) is 7.55. The lowest BCUT2D eigenvalue weighted by molar-refractivity contribution is -0.123. The third-order valence-corrected chi connectivity index (χ3v) is 5.54. The van der Waals surface area contributed by atoms with Gasteiger partial charge >= 0.3 is 0 Å². The van der Waals surface area contributed by atoms with E-state index in [4.69, 9.17) is 4.74 Å². The van der Waals surface area contributed by atoms with E-state index in [0.717, 1.165) is 22.9 Å². The van der Waals surface area contributed by atoms with Crippen LogP contribution in [0.1, 0.15) is 16.7 Å². The van der Waals surface area contributed by atoms with Crippen LogP contribution < -0.4 is 4.74 Å². The molecule has 3 rings (SSSR count). The first-order valence-corrected chi connectivity index (χ1v) is 9.38. The number of benzene rings is 2. The Morgan fingerprint density at radius 2 is 2.00 bits per heavy atom. The number of nitrogens with zero attached hydrogens (tertiary/aromatic N) is 1. The highest BCUT2D eigenvalue weighted by Gasteiger charge is 2.35. The van der Waals surface area contributed by atoms with Crippen LogP contribution in [0.2, 0.25) is 0 Å². The lowest BCUT2D eigenvalue weighted by Gasteiger charge is -2.14. The van der Waals surface area contributed by atoms with Crippen molar-refractivity contribution in [1.29, 1.82) is 0 Å². The molecule has 2 aromatic carbocycles. The molecule has 134 valence electrons. The number of ether oxygens (including phenoxy) is 1. The monoisotopic (exact) mass is 433 g/mol. The van der Waals surface area contributed by atoms with Crippen LogP contribution in [-0.2, 0) is 11.3 Å². The molecule has 1 aliphatic rings. The number of thioether (sulfide) groups is 1. The SMILES string of the molecule is COc1cc(/C=C2\SC(=O)N(Cc3ccccc3C)C2=O)cc(Br)c1O. The minimum atomic E-state index is -0.327. The van der Waals surface area contributed by atoms with Gasteiger partial charge in [-0.25, -0.2) is 0 Å². The number of carbonyl (C=O) groups excluding carboxylic acids is 2. The number of aryl methyl sites for hydroxylation is 1. The van der Waals surface area contributed by atoms with E-state index in [9.17, 15) is 14.7 Å². The van der Waals surface area contributed by atoms with E-state index >= 15 is 0 Å². The maximum absolute atomic E-state index is 12.7. The summed E-state index contributed by atoms with van der Waals surface area (Å²) in [5.41, 5.74) is 2.61. The Morgan fingerprint density at radius 1 is 1.27 bits per heavy atom. The lowest BCUT2D eigenvalue weighted by atomic mass is 10.1. The van der Waals surface area contributed by atoms with Gasteiger partial charge in [-0.3, -0.25) is 14.5 Å². The van der Waals surface area contributed by atoms with Crippen molar-refractivity contribution in [2.75, 3.05) is 7.11 Å².